The summed E-state index contributed by atoms with van der Waals surface area (Å²) in [6.07, 6.45) is 0.991. The molecule has 1 unspecified atom stereocenters. The Bertz CT molecular complexity index is 415. The average Bonchev–Trinajstić information content (AvgIpc) is 2.47. The number of aromatic nitrogens is 3. The monoisotopic (exact) mass is 267 g/mol. The summed E-state index contributed by atoms with van der Waals surface area (Å²) >= 11 is 0. The Hall–Kier alpha value is -1.63. The Morgan fingerprint density at radius 3 is 2.89 bits per heavy atom. The Morgan fingerprint density at radius 2 is 2.21 bits per heavy atom. The van der Waals surface area contributed by atoms with E-state index in [1.807, 2.05) is 6.92 Å². The summed E-state index contributed by atoms with van der Waals surface area (Å²) in [5, 5.41) is 3.09. The van der Waals surface area contributed by atoms with Crippen molar-refractivity contribution in [3.8, 4) is 6.01 Å². The third-order valence-electron chi connectivity index (χ3n) is 3.08. The van der Waals surface area contributed by atoms with E-state index >= 15 is 0 Å². The van der Waals surface area contributed by atoms with Crippen molar-refractivity contribution in [3.05, 3.63) is 0 Å². The SMILES string of the molecule is CCNc1nc(OC)nc(N2CCOCC2CC)n1. The van der Waals surface area contributed by atoms with Gasteiger partial charge in [-0.2, -0.15) is 15.0 Å². The van der Waals surface area contributed by atoms with Crippen LogP contribution in [0.15, 0.2) is 0 Å². The van der Waals surface area contributed by atoms with Crippen LogP contribution < -0.4 is 15.0 Å². The molecule has 1 aromatic rings. The summed E-state index contributed by atoms with van der Waals surface area (Å²) in [6, 6.07) is 0.637. The number of hydrogen-bond acceptors (Lipinski definition) is 7. The summed E-state index contributed by atoms with van der Waals surface area (Å²) in [5.41, 5.74) is 0. The second kappa shape index (κ2) is 6.51. The predicted octanol–water partition coefficient (Wildman–Crippen LogP) is 0.927. The van der Waals surface area contributed by atoms with Gasteiger partial charge in [-0.25, -0.2) is 0 Å². The molecule has 0 amide bonds. The number of rotatable bonds is 5. The number of nitrogens with one attached hydrogen (secondary N) is 1. The molecule has 1 aliphatic heterocycles. The van der Waals surface area contributed by atoms with E-state index in [1.165, 1.54) is 0 Å². The van der Waals surface area contributed by atoms with Crippen molar-refractivity contribution < 1.29 is 9.47 Å². The van der Waals surface area contributed by atoms with E-state index in [4.69, 9.17) is 9.47 Å². The van der Waals surface area contributed by atoms with Crippen molar-refractivity contribution in [2.45, 2.75) is 26.3 Å². The molecule has 0 radical (unpaired) electrons. The molecular weight excluding hydrogens is 246 g/mol. The maximum atomic E-state index is 5.50. The third-order valence-corrected chi connectivity index (χ3v) is 3.08. The number of methoxy groups -OCH3 is 1. The highest BCUT2D eigenvalue weighted by molar-refractivity contribution is 5.39. The molecule has 7 heteroatoms. The van der Waals surface area contributed by atoms with Gasteiger partial charge >= 0.3 is 6.01 Å². The summed E-state index contributed by atoms with van der Waals surface area (Å²) in [5.74, 6) is 1.20. The molecule has 106 valence electrons. The van der Waals surface area contributed by atoms with E-state index in [0.29, 0.717) is 37.2 Å². The van der Waals surface area contributed by atoms with Gasteiger partial charge < -0.3 is 19.7 Å². The van der Waals surface area contributed by atoms with Crippen molar-refractivity contribution >= 4 is 11.9 Å². The van der Waals surface area contributed by atoms with Crippen LogP contribution in [0.5, 0.6) is 6.01 Å². The summed E-state index contributed by atoms with van der Waals surface area (Å²) in [6.45, 7) is 7.09. The molecule has 1 aromatic heterocycles. The average molecular weight is 267 g/mol. The third kappa shape index (κ3) is 3.23. The molecule has 0 spiro atoms. The highest BCUT2D eigenvalue weighted by atomic mass is 16.5. The number of anilines is 2. The normalized spacial score (nSPS) is 19.3. The predicted molar refractivity (Wildman–Crippen MR) is 72.8 cm³/mol. The molecule has 1 fully saturated rings. The molecule has 0 bridgehead atoms. The topological polar surface area (TPSA) is 72.4 Å². The van der Waals surface area contributed by atoms with Crippen LogP contribution >= 0.6 is 0 Å². The van der Waals surface area contributed by atoms with Crippen LogP contribution in [0.25, 0.3) is 0 Å². The van der Waals surface area contributed by atoms with Crippen LogP contribution in [0.4, 0.5) is 11.9 Å². The van der Waals surface area contributed by atoms with Crippen LogP contribution in [-0.2, 0) is 4.74 Å². The second-order valence-electron chi connectivity index (χ2n) is 4.31. The Morgan fingerprint density at radius 1 is 1.37 bits per heavy atom. The van der Waals surface area contributed by atoms with Gasteiger partial charge in [0.1, 0.15) is 0 Å². The Labute approximate surface area is 113 Å². The van der Waals surface area contributed by atoms with Crippen LogP contribution in [0, 0.1) is 0 Å². The van der Waals surface area contributed by atoms with E-state index in [1.54, 1.807) is 7.11 Å². The van der Waals surface area contributed by atoms with Gasteiger partial charge in [-0.15, -0.1) is 0 Å². The molecule has 2 heterocycles. The molecule has 1 saturated heterocycles. The molecule has 19 heavy (non-hydrogen) atoms. The van der Waals surface area contributed by atoms with E-state index in [0.717, 1.165) is 19.5 Å². The lowest BCUT2D eigenvalue weighted by atomic mass is 10.2. The molecule has 1 aliphatic rings. The van der Waals surface area contributed by atoms with Crippen molar-refractivity contribution in [1.82, 2.24) is 15.0 Å². The summed E-state index contributed by atoms with van der Waals surface area (Å²) in [4.78, 5) is 15.1. The van der Waals surface area contributed by atoms with Gasteiger partial charge in [-0.05, 0) is 13.3 Å². The highest BCUT2D eigenvalue weighted by Gasteiger charge is 2.25. The molecule has 1 N–H and O–H groups in total. The van der Waals surface area contributed by atoms with Crippen LogP contribution in [0.3, 0.4) is 0 Å². The molecular formula is C12H21N5O2. The lowest BCUT2D eigenvalue weighted by Crippen LogP contribution is -2.46. The Balaban J connectivity index is 2.28. The van der Waals surface area contributed by atoms with Crippen molar-refractivity contribution in [1.29, 1.82) is 0 Å². The highest BCUT2D eigenvalue weighted by Crippen LogP contribution is 2.20. The maximum Gasteiger partial charge on any atom is 0.322 e. The molecule has 1 atom stereocenters. The van der Waals surface area contributed by atoms with Crippen molar-refractivity contribution in [2.75, 3.05) is 43.6 Å². The number of ether oxygens (including phenoxy) is 2. The quantitative estimate of drug-likeness (QED) is 0.850. The first kappa shape index (κ1) is 13.8. The van der Waals surface area contributed by atoms with Gasteiger partial charge in [0.05, 0.1) is 26.4 Å². The maximum absolute atomic E-state index is 5.50. The first-order chi connectivity index (χ1) is 9.28. The molecule has 7 nitrogen and oxygen atoms in total. The minimum absolute atomic E-state index is 0.301. The first-order valence-corrected chi connectivity index (χ1v) is 6.66. The fourth-order valence-corrected chi connectivity index (χ4v) is 2.06. The van der Waals surface area contributed by atoms with Gasteiger partial charge in [0.2, 0.25) is 11.9 Å². The molecule has 0 aliphatic carbocycles. The zero-order valence-electron chi connectivity index (χ0n) is 11.7. The zero-order chi connectivity index (χ0) is 13.7. The number of nitrogens with zero attached hydrogens (tertiary/aromatic N) is 4. The molecule has 0 aromatic carbocycles. The van der Waals surface area contributed by atoms with Crippen molar-refractivity contribution in [2.24, 2.45) is 0 Å². The first-order valence-electron chi connectivity index (χ1n) is 6.66. The lowest BCUT2D eigenvalue weighted by Gasteiger charge is -2.35. The van der Waals surface area contributed by atoms with Gasteiger partial charge in [0.25, 0.3) is 0 Å². The van der Waals surface area contributed by atoms with Gasteiger partial charge in [0, 0.05) is 13.1 Å². The molecule has 2 rings (SSSR count). The van der Waals surface area contributed by atoms with Gasteiger partial charge in [-0.3, -0.25) is 0 Å². The van der Waals surface area contributed by atoms with Crippen LogP contribution in [-0.4, -0.2) is 54.4 Å². The zero-order valence-corrected chi connectivity index (χ0v) is 11.7. The smallest absolute Gasteiger partial charge is 0.322 e. The van der Waals surface area contributed by atoms with Crippen LogP contribution in [0.1, 0.15) is 20.3 Å². The summed E-state index contributed by atoms with van der Waals surface area (Å²) in [7, 11) is 1.56. The standard InChI is InChI=1S/C12H21N5O2/c1-4-9-8-19-7-6-17(9)11-14-10(13-5-2)15-12(16-11)18-3/h9H,4-8H2,1-3H3,(H,13,14,15,16). The van der Waals surface area contributed by atoms with Gasteiger partial charge in [-0.1, -0.05) is 6.92 Å². The Kier molecular flexibility index (Phi) is 4.73. The van der Waals surface area contributed by atoms with E-state index < -0.39 is 0 Å². The minimum atomic E-state index is 0.301. The van der Waals surface area contributed by atoms with Crippen molar-refractivity contribution in [3.63, 3.8) is 0 Å². The second-order valence-corrected chi connectivity index (χ2v) is 4.31. The summed E-state index contributed by atoms with van der Waals surface area (Å²) < 4.78 is 10.6. The van der Waals surface area contributed by atoms with E-state index in [-0.39, 0.29) is 0 Å². The van der Waals surface area contributed by atoms with Gasteiger partial charge in [0.15, 0.2) is 0 Å². The minimum Gasteiger partial charge on any atom is -0.467 e. The fraction of sp³-hybridized carbons (Fsp3) is 0.750. The lowest BCUT2D eigenvalue weighted by molar-refractivity contribution is 0.0920. The van der Waals surface area contributed by atoms with E-state index in [2.05, 4.69) is 32.1 Å². The largest absolute Gasteiger partial charge is 0.467 e. The number of hydrogen-bond donors (Lipinski definition) is 1. The molecule has 0 saturated carbocycles. The van der Waals surface area contributed by atoms with E-state index in [9.17, 15) is 0 Å². The van der Waals surface area contributed by atoms with Crippen LogP contribution in [0.2, 0.25) is 0 Å². The number of morpholine rings is 1. The fourth-order valence-electron chi connectivity index (χ4n) is 2.06.